The molecule has 2 heterocycles. The van der Waals surface area contributed by atoms with Crippen molar-refractivity contribution in [2.24, 2.45) is 0 Å². The predicted molar refractivity (Wildman–Crippen MR) is 90.2 cm³/mol. The topological polar surface area (TPSA) is 59.8 Å². The summed E-state index contributed by atoms with van der Waals surface area (Å²) < 4.78 is 2.49. The van der Waals surface area contributed by atoms with Crippen molar-refractivity contribution in [2.45, 2.75) is 20.4 Å². The van der Waals surface area contributed by atoms with Crippen molar-refractivity contribution in [3.8, 4) is 0 Å². The van der Waals surface area contributed by atoms with Crippen LogP contribution in [0.3, 0.4) is 0 Å². The Morgan fingerprint density at radius 3 is 2.91 bits per heavy atom. The summed E-state index contributed by atoms with van der Waals surface area (Å²) in [4.78, 5) is 16.8. The number of benzene rings is 1. The SMILES string of the molecule is CCn1nc(C)c(Cl)c1C(=O)Nc1nc2ccc(Cl)cc2s1. The van der Waals surface area contributed by atoms with E-state index < -0.39 is 0 Å². The van der Waals surface area contributed by atoms with Crippen LogP contribution in [0.15, 0.2) is 18.2 Å². The molecule has 0 unspecified atom stereocenters. The number of hydrogen-bond acceptors (Lipinski definition) is 4. The van der Waals surface area contributed by atoms with Crippen molar-refractivity contribution in [2.75, 3.05) is 5.32 Å². The molecule has 1 aromatic carbocycles. The highest BCUT2D eigenvalue weighted by Gasteiger charge is 2.21. The van der Waals surface area contributed by atoms with Crippen LogP contribution in [0, 0.1) is 6.92 Å². The van der Waals surface area contributed by atoms with Gasteiger partial charge in [0.25, 0.3) is 5.91 Å². The fourth-order valence-electron chi connectivity index (χ4n) is 2.11. The van der Waals surface area contributed by atoms with Crippen LogP contribution in [0.2, 0.25) is 10.0 Å². The molecule has 0 saturated carbocycles. The molecule has 1 amide bonds. The Hall–Kier alpha value is -1.63. The number of anilines is 1. The van der Waals surface area contributed by atoms with Gasteiger partial charge in [-0.15, -0.1) is 0 Å². The number of carbonyl (C=O) groups excluding carboxylic acids is 1. The average Bonchev–Trinajstić information content (AvgIpc) is 2.99. The minimum Gasteiger partial charge on any atom is -0.296 e. The Kier molecular flexibility index (Phi) is 4.08. The molecule has 0 bridgehead atoms. The lowest BCUT2D eigenvalue weighted by atomic mass is 10.3. The van der Waals surface area contributed by atoms with E-state index in [2.05, 4.69) is 15.4 Å². The molecule has 0 aliphatic rings. The zero-order valence-electron chi connectivity index (χ0n) is 11.9. The smallest absolute Gasteiger partial charge is 0.277 e. The molecule has 2 aromatic heterocycles. The van der Waals surface area contributed by atoms with Gasteiger partial charge in [0.05, 0.1) is 20.9 Å². The molecule has 0 atom stereocenters. The number of fused-ring (bicyclic) bond motifs is 1. The molecule has 0 aliphatic carbocycles. The van der Waals surface area contributed by atoms with Crippen LogP contribution in [0.5, 0.6) is 0 Å². The first-order valence-corrected chi connectivity index (χ1v) is 8.17. The van der Waals surface area contributed by atoms with Crippen LogP contribution >= 0.6 is 34.5 Å². The number of rotatable bonds is 3. The van der Waals surface area contributed by atoms with Crippen molar-refractivity contribution >= 4 is 55.8 Å². The summed E-state index contributed by atoms with van der Waals surface area (Å²) in [6.45, 7) is 4.23. The lowest BCUT2D eigenvalue weighted by Crippen LogP contribution is -2.17. The quantitative estimate of drug-likeness (QED) is 0.758. The molecule has 0 saturated heterocycles. The van der Waals surface area contributed by atoms with Gasteiger partial charge in [0.15, 0.2) is 5.13 Å². The van der Waals surface area contributed by atoms with Gasteiger partial charge in [0.2, 0.25) is 0 Å². The number of nitrogens with zero attached hydrogens (tertiary/aromatic N) is 3. The molecule has 114 valence electrons. The lowest BCUT2D eigenvalue weighted by Gasteiger charge is -2.04. The van der Waals surface area contributed by atoms with Gasteiger partial charge in [-0.25, -0.2) is 4.98 Å². The number of thiazole rings is 1. The fraction of sp³-hybridized carbons (Fsp3) is 0.214. The van der Waals surface area contributed by atoms with Gasteiger partial charge in [-0.3, -0.25) is 14.8 Å². The summed E-state index contributed by atoms with van der Waals surface area (Å²) in [6, 6.07) is 5.40. The van der Waals surface area contributed by atoms with Crippen LogP contribution in [-0.2, 0) is 6.54 Å². The van der Waals surface area contributed by atoms with Gasteiger partial charge in [-0.2, -0.15) is 5.10 Å². The van der Waals surface area contributed by atoms with Gasteiger partial charge >= 0.3 is 0 Å². The van der Waals surface area contributed by atoms with Gasteiger partial charge in [0, 0.05) is 11.6 Å². The molecule has 5 nitrogen and oxygen atoms in total. The number of aromatic nitrogens is 3. The van der Waals surface area contributed by atoms with E-state index in [0.29, 0.717) is 33.1 Å². The molecule has 0 spiro atoms. The lowest BCUT2D eigenvalue weighted by molar-refractivity contribution is 0.101. The van der Waals surface area contributed by atoms with Gasteiger partial charge in [-0.1, -0.05) is 34.5 Å². The van der Waals surface area contributed by atoms with Crippen LogP contribution < -0.4 is 5.32 Å². The first-order valence-electron chi connectivity index (χ1n) is 6.60. The zero-order valence-corrected chi connectivity index (χ0v) is 14.2. The molecular formula is C14H12Cl2N4OS. The number of amides is 1. The molecule has 8 heteroatoms. The normalized spacial score (nSPS) is 11.1. The van der Waals surface area contributed by atoms with Gasteiger partial charge < -0.3 is 0 Å². The second-order valence-electron chi connectivity index (χ2n) is 4.65. The zero-order chi connectivity index (χ0) is 15.9. The summed E-state index contributed by atoms with van der Waals surface area (Å²) in [5.41, 5.74) is 1.76. The summed E-state index contributed by atoms with van der Waals surface area (Å²) in [7, 11) is 0. The highest BCUT2D eigenvalue weighted by atomic mass is 35.5. The number of halogens is 2. The van der Waals surface area contributed by atoms with Crippen LogP contribution in [-0.4, -0.2) is 20.7 Å². The highest BCUT2D eigenvalue weighted by Crippen LogP contribution is 2.29. The van der Waals surface area contributed by atoms with Crippen LogP contribution in [0.1, 0.15) is 23.1 Å². The maximum Gasteiger partial charge on any atom is 0.277 e. The van der Waals surface area contributed by atoms with E-state index in [1.165, 1.54) is 11.3 Å². The largest absolute Gasteiger partial charge is 0.296 e. The molecule has 0 fully saturated rings. The monoisotopic (exact) mass is 354 g/mol. The van der Waals surface area contributed by atoms with Crippen LogP contribution in [0.25, 0.3) is 10.2 Å². The minimum atomic E-state index is -0.322. The Bertz CT molecular complexity index is 871. The summed E-state index contributed by atoms with van der Waals surface area (Å²) in [5, 5.41) is 8.51. The Balaban J connectivity index is 1.93. The highest BCUT2D eigenvalue weighted by molar-refractivity contribution is 7.22. The van der Waals surface area contributed by atoms with Crippen molar-refractivity contribution in [3.05, 3.63) is 39.6 Å². The van der Waals surface area contributed by atoms with Crippen molar-refractivity contribution in [1.82, 2.24) is 14.8 Å². The molecule has 22 heavy (non-hydrogen) atoms. The maximum atomic E-state index is 12.5. The third-order valence-corrected chi connectivity index (χ3v) is 4.76. The molecular weight excluding hydrogens is 343 g/mol. The molecule has 0 aliphatic heterocycles. The minimum absolute atomic E-state index is 0.322. The maximum absolute atomic E-state index is 12.5. The Labute approximate surface area is 140 Å². The molecule has 1 N–H and O–H groups in total. The van der Waals surface area contributed by atoms with Gasteiger partial charge in [0.1, 0.15) is 5.69 Å². The van der Waals surface area contributed by atoms with Crippen molar-refractivity contribution in [3.63, 3.8) is 0 Å². The Morgan fingerprint density at radius 2 is 2.18 bits per heavy atom. The van der Waals surface area contributed by atoms with E-state index in [4.69, 9.17) is 23.2 Å². The van der Waals surface area contributed by atoms with Crippen LogP contribution in [0.4, 0.5) is 5.13 Å². The molecule has 0 radical (unpaired) electrons. The van der Waals surface area contributed by atoms with E-state index in [9.17, 15) is 4.79 Å². The molecule has 3 rings (SSSR count). The summed E-state index contributed by atoms with van der Waals surface area (Å²) >= 11 is 13.5. The number of hydrogen-bond donors (Lipinski definition) is 1. The number of carbonyl (C=O) groups is 1. The first-order chi connectivity index (χ1) is 10.5. The third kappa shape index (κ3) is 2.69. The fourth-order valence-corrected chi connectivity index (χ4v) is 3.47. The molecule has 3 aromatic rings. The Morgan fingerprint density at radius 1 is 1.41 bits per heavy atom. The van der Waals surface area contributed by atoms with Gasteiger partial charge in [-0.05, 0) is 32.0 Å². The summed E-state index contributed by atoms with van der Waals surface area (Å²) in [5.74, 6) is -0.322. The van der Waals surface area contributed by atoms with E-state index >= 15 is 0 Å². The van der Waals surface area contributed by atoms with E-state index in [1.54, 1.807) is 17.7 Å². The second kappa shape index (κ2) is 5.87. The summed E-state index contributed by atoms with van der Waals surface area (Å²) in [6.07, 6.45) is 0. The number of nitrogens with one attached hydrogen (secondary N) is 1. The van der Waals surface area contributed by atoms with E-state index in [-0.39, 0.29) is 5.91 Å². The third-order valence-electron chi connectivity index (χ3n) is 3.14. The van der Waals surface area contributed by atoms with Crippen molar-refractivity contribution in [1.29, 1.82) is 0 Å². The standard InChI is InChI=1S/C14H12Cl2N4OS/c1-3-20-12(11(16)7(2)19-20)13(21)18-14-17-9-5-4-8(15)6-10(9)22-14/h4-6H,3H2,1-2H3,(H,17,18,21). The second-order valence-corrected chi connectivity index (χ2v) is 6.49. The number of aryl methyl sites for hydroxylation is 2. The van der Waals surface area contributed by atoms with Crippen molar-refractivity contribution < 1.29 is 4.79 Å². The van der Waals surface area contributed by atoms with E-state index in [1.807, 2.05) is 19.1 Å². The van der Waals surface area contributed by atoms with E-state index in [0.717, 1.165) is 10.2 Å². The predicted octanol–water partition coefficient (Wildman–Crippen LogP) is 4.38. The average molecular weight is 355 g/mol. The first kappa shape index (κ1) is 15.3.